The number of nitro groups is 1. The maximum atomic E-state index is 10.9. The number of rotatable bonds is 4. The Morgan fingerprint density at radius 1 is 1.35 bits per heavy atom. The largest absolute Gasteiger partial charge is 0.431 e. The number of hydrazine groups is 1. The second-order valence-corrected chi connectivity index (χ2v) is 4.00. The van der Waals surface area contributed by atoms with Crippen LogP contribution in [0, 0.1) is 10.1 Å². The fourth-order valence-electron chi connectivity index (χ4n) is 1.40. The SMILES string of the molecule is NNc1cc(Oc2cc(Cl)ccc2[N+](=O)[O-])nc(N)n1. The quantitative estimate of drug-likeness (QED) is 0.439. The molecule has 10 heteroatoms. The molecule has 0 unspecified atom stereocenters. The zero-order valence-electron chi connectivity index (χ0n) is 9.91. The second kappa shape index (κ2) is 5.55. The fraction of sp³-hybridized carbons (Fsp3) is 0. The lowest BCUT2D eigenvalue weighted by atomic mass is 10.3. The van der Waals surface area contributed by atoms with E-state index in [4.69, 9.17) is 27.9 Å². The van der Waals surface area contributed by atoms with Crippen LogP contribution >= 0.6 is 11.6 Å². The van der Waals surface area contributed by atoms with Gasteiger partial charge in [-0.05, 0) is 6.07 Å². The van der Waals surface area contributed by atoms with Gasteiger partial charge in [0.15, 0.2) is 0 Å². The van der Waals surface area contributed by atoms with Crippen LogP contribution in [-0.4, -0.2) is 14.9 Å². The molecule has 0 bridgehead atoms. The Kier molecular flexibility index (Phi) is 3.82. The Morgan fingerprint density at radius 3 is 2.75 bits per heavy atom. The van der Waals surface area contributed by atoms with Crippen molar-refractivity contribution in [2.45, 2.75) is 0 Å². The number of ether oxygens (including phenoxy) is 1. The van der Waals surface area contributed by atoms with Crippen molar-refractivity contribution in [1.29, 1.82) is 0 Å². The predicted octanol–water partition coefficient (Wildman–Crippen LogP) is 1.70. The van der Waals surface area contributed by atoms with E-state index in [0.29, 0.717) is 0 Å². The summed E-state index contributed by atoms with van der Waals surface area (Å²) < 4.78 is 5.32. The van der Waals surface area contributed by atoms with Crippen LogP contribution in [0.15, 0.2) is 24.3 Å². The maximum Gasteiger partial charge on any atom is 0.311 e. The Morgan fingerprint density at radius 2 is 2.10 bits per heavy atom. The van der Waals surface area contributed by atoms with E-state index in [2.05, 4.69) is 15.4 Å². The van der Waals surface area contributed by atoms with Crippen LogP contribution in [0.4, 0.5) is 17.5 Å². The zero-order chi connectivity index (χ0) is 14.7. The van der Waals surface area contributed by atoms with Crippen molar-refractivity contribution < 1.29 is 9.66 Å². The Bertz CT molecular complexity index is 665. The highest BCUT2D eigenvalue weighted by Gasteiger charge is 2.17. The third-order valence-corrected chi connectivity index (χ3v) is 2.44. The number of hydrogen-bond acceptors (Lipinski definition) is 8. The topological polar surface area (TPSA) is 142 Å². The van der Waals surface area contributed by atoms with Gasteiger partial charge in [0.2, 0.25) is 17.6 Å². The van der Waals surface area contributed by atoms with Crippen LogP contribution < -0.4 is 21.7 Å². The molecule has 0 amide bonds. The molecule has 0 spiro atoms. The summed E-state index contributed by atoms with van der Waals surface area (Å²) >= 11 is 5.79. The highest BCUT2D eigenvalue weighted by atomic mass is 35.5. The summed E-state index contributed by atoms with van der Waals surface area (Å²) in [6.45, 7) is 0. The number of nitrogens with one attached hydrogen (secondary N) is 1. The van der Waals surface area contributed by atoms with Crippen molar-refractivity contribution in [2.24, 2.45) is 5.84 Å². The first-order chi connectivity index (χ1) is 9.49. The van der Waals surface area contributed by atoms with Gasteiger partial charge in [-0.25, -0.2) is 5.84 Å². The van der Waals surface area contributed by atoms with Crippen LogP contribution in [0.3, 0.4) is 0 Å². The van der Waals surface area contributed by atoms with Crippen LogP contribution in [-0.2, 0) is 0 Å². The van der Waals surface area contributed by atoms with E-state index in [0.717, 1.165) is 0 Å². The summed E-state index contributed by atoms with van der Waals surface area (Å²) in [5, 5.41) is 11.2. The number of anilines is 2. The highest BCUT2D eigenvalue weighted by Crippen LogP contribution is 2.33. The normalized spacial score (nSPS) is 10.1. The summed E-state index contributed by atoms with van der Waals surface area (Å²) in [5.74, 6) is 5.24. The van der Waals surface area contributed by atoms with Crippen LogP contribution in [0.5, 0.6) is 11.6 Å². The molecule has 0 fully saturated rings. The molecular formula is C10H9ClN6O3. The van der Waals surface area contributed by atoms with Crippen LogP contribution in [0.2, 0.25) is 5.02 Å². The molecule has 0 atom stereocenters. The van der Waals surface area contributed by atoms with Gasteiger partial charge in [0, 0.05) is 23.2 Å². The van der Waals surface area contributed by atoms with E-state index in [1.807, 2.05) is 0 Å². The van der Waals surface area contributed by atoms with Gasteiger partial charge in [-0.1, -0.05) is 11.6 Å². The summed E-state index contributed by atoms with van der Waals surface area (Å²) in [6.07, 6.45) is 0. The molecule has 1 aromatic heterocycles. The standard InChI is InChI=1S/C10H9ClN6O3/c11-5-1-2-6(17(18)19)7(3-5)20-9-4-8(16-13)14-10(12)15-9/h1-4H,13H2,(H3,12,14,15,16). The van der Waals surface area contributed by atoms with Crippen molar-refractivity contribution in [2.75, 3.05) is 11.2 Å². The minimum Gasteiger partial charge on any atom is -0.431 e. The van der Waals surface area contributed by atoms with E-state index in [9.17, 15) is 10.1 Å². The van der Waals surface area contributed by atoms with E-state index < -0.39 is 4.92 Å². The lowest BCUT2D eigenvalue weighted by Gasteiger charge is -2.07. The third kappa shape index (κ3) is 3.02. The molecule has 1 heterocycles. The molecule has 0 saturated heterocycles. The van der Waals surface area contributed by atoms with Gasteiger partial charge in [0.05, 0.1) is 4.92 Å². The molecule has 0 radical (unpaired) electrons. The van der Waals surface area contributed by atoms with E-state index >= 15 is 0 Å². The van der Waals surface area contributed by atoms with Crippen molar-refractivity contribution in [3.8, 4) is 11.6 Å². The summed E-state index contributed by atoms with van der Waals surface area (Å²) in [7, 11) is 0. The Labute approximate surface area is 117 Å². The summed E-state index contributed by atoms with van der Waals surface area (Å²) in [6, 6.07) is 5.24. The molecular weight excluding hydrogens is 288 g/mol. The lowest BCUT2D eigenvalue weighted by molar-refractivity contribution is -0.385. The molecule has 1 aromatic carbocycles. The van der Waals surface area contributed by atoms with E-state index in [1.165, 1.54) is 24.3 Å². The summed E-state index contributed by atoms with van der Waals surface area (Å²) in [4.78, 5) is 17.9. The fourth-order valence-corrected chi connectivity index (χ4v) is 1.56. The maximum absolute atomic E-state index is 10.9. The smallest absolute Gasteiger partial charge is 0.311 e. The van der Waals surface area contributed by atoms with Gasteiger partial charge in [0.1, 0.15) is 5.82 Å². The molecule has 0 aliphatic rings. The zero-order valence-corrected chi connectivity index (χ0v) is 10.7. The molecule has 20 heavy (non-hydrogen) atoms. The first kappa shape index (κ1) is 13.8. The number of halogens is 1. The number of nitrogens with two attached hydrogens (primary N) is 2. The number of benzene rings is 1. The Hall–Kier alpha value is -2.65. The monoisotopic (exact) mass is 296 g/mol. The second-order valence-electron chi connectivity index (χ2n) is 3.57. The molecule has 0 aliphatic heterocycles. The number of aromatic nitrogens is 2. The highest BCUT2D eigenvalue weighted by molar-refractivity contribution is 6.30. The third-order valence-electron chi connectivity index (χ3n) is 2.20. The molecule has 2 aromatic rings. The number of nitrogens with zero attached hydrogens (tertiary/aromatic N) is 3. The van der Waals surface area contributed by atoms with Gasteiger partial charge in [-0.3, -0.25) is 10.1 Å². The van der Waals surface area contributed by atoms with Crippen LogP contribution in [0.1, 0.15) is 0 Å². The lowest BCUT2D eigenvalue weighted by Crippen LogP contribution is -2.10. The van der Waals surface area contributed by atoms with Gasteiger partial charge >= 0.3 is 5.69 Å². The number of hydrogen-bond donors (Lipinski definition) is 3. The minimum absolute atomic E-state index is 0.00387. The minimum atomic E-state index is -0.599. The summed E-state index contributed by atoms with van der Waals surface area (Å²) in [5.41, 5.74) is 7.47. The van der Waals surface area contributed by atoms with Gasteiger partial charge < -0.3 is 15.9 Å². The average Bonchev–Trinajstić information content (AvgIpc) is 2.37. The Balaban J connectivity index is 2.41. The van der Waals surface area contributed by atoms with E-state index in [1.54, 1.807) is 0 Å². The first-order valence-electron chi connectivity index (χ1n) is 5.22. The molecule has 5 N–H and O–H groups in total. The molecule has 104 valence electrons. The first-order valence-corrected chi connectivity index (χ1v) is 5.60. The van der Waals surface area contributed by atoms with Crippen molar-refractivity contribution in [1.82, 2.24) is 9.97 Å². The van der Waals surface area contributed by atoms with Gasteiger partial charge in [-0.15, -0.1) is 0 Å². The predicted molar refractivity (Wildman–Crippen MR) is 72.4 cm³/mol. The van der Waals surface area contributed by atoms with Crippen molar-refractivity contribution in [3.05, 3.63) is 39.4 Å². The average molecular weight is 297 g/mol. The number of nitrogen functional groups attached to an aromatic ring is 2. The van der Waals surface area contributed by atoms with Gasteiger partial charge in [0.25, 0.3) is 0 Å². The van der Waals surface area contributed by atoms with Crippen LogP contribution in [0.25, 0.3) is 0 Å². The van der Waals surface area contributed by atoms with Crippen molar-refractivity contribution >= 4 is 29.1 Å². The number of nitro benzene ring substituents is 1. The molecule has 9 nitrogen and oxygen atoms in total. The molecule has 0 aliphatic carbocycles. The van der Waals surface area contributed by atoms with Gasteiger partial charge in [-0.2, -0.15) is 9.97 Å². The molecule has 0 saturated carbocycles. The molecule has 2 rings (SSSR count). The van der Waals surface area contributed by atoms with Crippen molar-refractivity contribution in [3.63, 3.8) is 0 Å². The van der Waals surface area contributed by atoms with E-state index in [-0.39, 0.29) is 34.1 Å².